The van der Waals surface area contributed by atoms with Crippen LogP contribution in [0, 0.1) is 6.07 Å². The van der Waals surface area contributed by atoms with Gasteiger partial charge in [-0.05, 0) is 6.07 Å². The van der Waals surface area contributed by atoms with Crippen LogP contribution < -0.4 is 24.0 Å². The summed E-state index contributed by atoms with van der Waals surface area (Å²) < 4.78 is 0. The van der Waals surface area contributed by atoms with E-state index in [0.717, 1.165) is 0 Å². The number of carboxylic acid groups (broad SMARTS) is 1. The summed E-state index contributed by atoms with van der Waals surface area (Å²) in [6.45, 7) is 0. The summed E-state index contributed by atoms with van der Waals surface area (Å²) in [6.07, 6.45) is 0. The fourth-order valence-electron chi connectivity index (χ4n) is 0.520. The molecule has 0 aliphatic rings. The molecule has 0 bridgehead atoms. The largest absolute Gasteiger partial charge is 1.00 e. The van der Waals surface area contributed by atoms with Crippen LogP contribution in [0.15, 0.2) is 24.3 Å². The first-order chi connectivity index (χ1) is 4.30. The van der Waals surface area contributed by atoms with Crippen LogP contribution >= 0.6 is 0 Å². The van der Waals surface area contributed by atoms with Gasteiger partial charge in [0.05, 0.1) is 5.97 Å². The Balaban J connectivity index is 0. The predicted molar refractivity (Wildman–Crippen MR) is 35.4 cm³/mol. The zero-order valence-electron chi connectivity index (χ0n) is 6.63. The zero-order valence-corrected chi connectivity index (χ0v) is 6.63. The Bertz CT molecular complexity index is 211. The van der Waals surface area contributed by atoms with Crippen molar-refractivity contribution in [3.8, 4) is 0 Å². The number of carboxylic acids is 1. The Morgan fingerprint density at radius 2 is 2.09 bits per heavy atom. The van der Waals surface area contributed by atoms with Crippen molar-refractivity contribution in [2.45, 2.75) is 0 Å². The monoisotopic (exact) mass is 134 g/mol. The molecule has 2 nitrogen and oxygen atoms in total. The van der Waals surface area contributed by atoms with Crippen LogP contribution in [0.25, 0.3) is 0 Å². The van der Waals surface area contributed by atoms with Crippen molar-refractivity contribution in [1.29, 1.82) is 0 Å². The Labute approximate surface area is 89.3 Å². The van der Waals surface area contributed by atoms with Gasteiger partial charge in [-0.25, -0.2) is 0 Å². The van der Waals surface area contributed by atoms with Gasteiger partial charge < -0.3 is 9.90 Å². The summed E-state index contributed by atoms with van der Waals surface area (Å²) in [6, 6.07) is 8.81. The van der Waals surface area contributed by atoms with Crippen LogP contribution in [0.3, 0.4) is 0 Å². The van der Waals surface area contributed by atoms with E-state index in [1.54, 1.807) is 12.1 Å². The number of carbonyl (C=O) groups is 1. The molecule has 0 aromatic heterocycles. The molecule has 0 saturated carbocycles. The summed E-state index contributed by atoms with van der Waals surface area (Å²) in [5.41, 5.74) is 0.0949. The second-order valence-electron chi connectivity index (χ2n) is 1.56. The molecule has 1 aromatic rings. The van der Waals surface area contributed by atoms with Crippen molar-refractivity contribution in [2.24, 2.45) is 0 Å². The summed E-state index contributed by atoms with van der Waals surface area (Å²) in [5, 5.41) is 10.1. The van der Waals surface area contributed by atoms with Crippen molar-refractivity contribution in [3.63, 3.8) is 0 Å². The zero-order chi connectivity index (χ0) is 6.69. The van der Waals surface area contributed by atoms with Crippen molar-refractivity contribution in [3.05, 3.63) is 35.9 Å². The third kappa shape index (κ3) is 4.35. The first-order valence-corrected chi connectivity index (χ1v) is 2.49. The van der Waals surface area contributed by atoms with E-state index in [4.69, 9.17) is 0 Å². The van der Waals surface area contributed by atoms with Crippen LogP contribution in [0.2, 0.25) is 0 Å². The molecule has 0 aliphatic heterocycles. The van der Waals surface area contributed by atoms with Gasteiger partial charge >= 0.3 is 18.9 Å². The Hall–Kier alpha value is -0.115. The topological polar surface area (TPSA) is 40.1 Å². The van der Waals surface area contributed by atoms with Crippen LogP contribution in [0.4, 0.5) is 0 Å². The molecule has 0 aliphatic carbocycles. The Morgan fingerprint density at radius 1 is 1.45 bits per heavy atom. The molecular formula is C7H4Li2O2. The fraction of sp³-hybridized carbons (Fsp3) is 0. The van der Waals surface area contributed by atoms with Crippen LogP contribution in [0.5, 0.6) is 0 Å². The van der Waals surface area contributed by atoms with Crippen molar-refractivity contribution < 1.29 is 28.8 Å². The van der Waals surface area contributed by atoms with Gasteiger partial charge in [0, 0.05) is 24.4 Å². The summed E-state index contributed by atoms with van der Waals surface area (Å²) in [5.74, 6) is -1.18. The maximum absolute atomic E-state index is 10.1. The molecular weight excluding hydrogens is 130 g/mol. The smallest absolute Gasteiger partial charge is 0.545 e. The predicted octanol–water partition coefficient (Wildman–Crippen LogP) is -3.53. The number of carbonyl (C=O) groups excluding carboxylic acids is 1. The minimum atomic E-state index is -1.18. The first kappa shape index (κ1) is 13.5. The molecule has 0 unspecified atom stereocenters. The van der Waals surface area contributed by atoms with E-state index in [1.807, 2.05) is 0 Å². The number of hydrogen-bond donors (Lipinski definition) is 0. The Morgan fingerprint density at radius 3 is 2.36 bits per heavy atom. The van der Waals surface area contributed by atoms with E-state index in [2.05, 4.69) is 6.07 Å². The standard InChI is InChI=1S/C7H5O2.2Li/c8-7(9)6-4-2-1-3-5-6;;/h1-4H,(H,8,9);;/q;;+1/p-1. The average Bonchev–Trinajstić information content (AvgIpc) is 1.90. The molecule has 0 fully saturated rings. The van der Waals surface area contributed by atoms with Crippen LogP contribution in [-0.2, 0) is 0 Å². The molecule has 0 amide bonds. The second kappa shape index (κ2) is 6.59. The molecule has 1 aromatic carbocycles. The normalized spacial score (nSPS) is 7.27. The Kier molecular flexibility index (Phi) is 8.07. The molecule has 1 rings (SSSR count). The maximum Gasteiger partial charge on any atom is 1.00 e. The average molecular weight is 134 g/mol. The van der Waals surface area contributed by atoms with E-state index >= 15 is 0 Å². The van der Waals surface area contributed by atoms with E-state index < -0.39 is 5.97 Å². The quantitative estimate of drug-likeness (QED) is 0.373. The molecule has 0 N–H and O–H groups in total. The van der Waals surface area contributed by atoms with Gasteiger partial charge in [0.15, 0.2) is 0 Å². The number of aromatic carboxylic acids is 1. The third-order valence-corrected chi connectivity index (χ3v) is 0.929. The van der Waals surface area contributed by atoms with E-state index in [-0.39, 0.29) is 43.3 Å². The van der Waals surface area contributed by atoms with Crippen molar-refractivity contribution >= 4 is 24.8 Å². The van der Waals surface area contributed by atoms with Gasteiger partial charge in [0.1, 0.15) is 0 Å². The molecule has 2 radical (unpaired) electrons. The third-order valence-electron chi connectivity index (χ3n) is 0.929. The van der Waals surface area contributed by atoms with Gasteiger partial charge in [-0.1, -0.05) is 24.3 Å². The minimum Gasteiger partial charge on any atom is -0.545 e. The molecule has 46 valence electrons. The van der Waals surface area contributed by atoms with Gasteiger partial charge in [0.2, 0.25) is 0 Å². The fourth-order valence-corrected chi connectivity index (χ4v) is 0.520. The van der Waals surface area contributed by atoms with Crippen LogP contribution in [-0.4, -0.2) is 24.8 Å². The molecule has 0 atom stereocenters. The van der Waals surface area contributed by atoms with Gasteiger partial charge in [-0.2, -0.15) is 0 Å². The SMILES string of the molecule is O=C([O-])c1[c]cccc1.[Li+].[Li]. The van der Waals surface area contributed by atoms with Gasteiger partial charge in [-0.15, -0.1) is 0 Å². The van der Waals surface area contributed by atoms with Crippen molar-refractivity contribution in [2.75, 3.05) is 0 Å². The van der Waals surface area contributed by atoms with Gasteiger partial charge in [-0.3, -0.25) is 0 Å². The molecule has 11 heavy (non-hydrogen) atoms. The minimum absolute atomic E-state index is 0. The number of hydrogen-bond acceptors (Lipinski definition) is 2. The molecule has 0 saturated heterocycles. The summed E-state index contributed by atoms with van der Waals surface area (Å²) in [4.78, 5) is 10.1. The summed E-state index contributed by atoms with van der Waals surface area (Å²) >= 11 is 0. The molecule has 0 spiro atoms. The van der Waals surface area contributed by atoms with E-state index in [9.17, 15) is 9.90 Å². The van der Waals surface area contributed by atoms with E-state index in [0.29, 0.717) is 0 Å². The molecule has 0 heterocycles. The van der Waals surface area contributed by atoms with Gasteiger partial charge in [0.25, 0.3) is 0 Å². The maximum atomic E-state index is 10.1. The first-order valence-electron chi connectivity index (χ1n) is 2.49. The summed E-state index contributed by atoms with van der Waals surface area (Å²) in [7, 11) is 0. The molecule has 4 heteroatoms. The number of benzene rings is 1. The number of rotatable bonds is 1. The van der Waals surface area contributed by atoms with Crippen LogP contribution in [0.1, 0.15) is 10.4 Å². The van der Waals surface area contributed by atoms with Crippen molar-refractivity contribution in [1.82, 2.24) is 0 Å². The van der Waals surface area contributed by atoms with E-state index in [1.165, 1.54) is 12.1 Å². The second-order valence-corrected chi connectivity index (χ2v) is 1.56.